The summed E-state index contributed by atoms with van der Waals surface area (Å²) >= 11 is 3.59. The molecule has 1 amide bonds. The van der Waals surface area contributed by atoms with Gasteiger partial charge in [-0.15, -0.1) is 0 Å². The molecule has 0 saturated carbocycles. The van der Waals surface area contributed by atoms with E-state index in [4.69, 9.17) is 9.84 Å². The Morgan fingerprint density at radius 1 is 0.833 bits per heavy atom. The van der Waals surface area contributed by atoms with Crippen LogP contribution in [0.1, 0.15) is 11.1 Å². The normalized spacial score (nSPS) is 17.5. The third-order valence-corrected chi connectivity index (χ3v) is 7.32. The fourth-order valence-corrected chi connectivity index (χ4v) is 5.55. The van der Waals surface area contributed by atoms with Crippen LogP contribution >= 0.6 is 15.9 Å². The quantitative estimate of drug-likeness (QED) is 0.262. The molecule has 0 radical (unpaired) electrons. The molecule has 4 aromatic carbocycles. The molecule has 0 N–H and O–H groups in total. The van der Waals surface area contributed by atoms with Gasteiger partial charge in [0.1, 0.15) is 5.75 Å². The van der Waals surface area contributed by atoms with Crippen LogP contribution in [-0.4, -0.2) is 15.7 Å². The van der Waals surface area contributed by atoms with Crippen LogP contribution in [0.25, 0.3) is 22.5 Å². The number of carbonyl (C=O) groups excluding carboxylic acids is 1. The number of anilines is 1. The Kier molecular flexibility index (Phi) is 4.66. The van der Waals surface area contributed by atoms with Gasteiger partial charge in [-0.3, -0.25) is 4.79 Å². The minimum atomic E-state index is -1.44. The molecule has 6 heteroatoms. The van der Waals surface area contributed by atoms with Gasteiger partial charge >= 0.3 is 5.72 Å². The number of fused-ring (bicyclic) bond motifs is 6. The van der Waals surface area contributed by atoms with Crippen molar-refractivity contribution >= 4 is 27.5 Å². The maximum atomic E-state index is 14.5. The molecular formula is C30H20BrN3O2. The molecule has 3 heterocycles. The highest BCUT2D eigenvalue weighted by atomic mass is 79.9. The molecule has 7 rings (SSSR count). The van der Waals surface area contributed by atoms with Gasteiger partial charge in [-0.1, -0.05) is 94.8 Å². The van der Waals surface area contributed by atoms with Crippen molar-refractivity contribution in [2.24, 2.45) is 0 Å². The highest BCUT2D eigenvalue weighted by molar-refractivity contribution is 9.10. The van der Waals surface area contributed by atoms with Gasteiger partial charge in [0.15, 0.2) is 0 Å². The lowest BCUT2D eigenvalue weighted by Crippen LogP contribution is -2.52. The lowest BCUT2D eigenvalue weighted by Gasteiger charge is -2.35. The monoisotopic (exact) mass is 533 g/mol. The maximum Gasteiger partial charge on any atom is 0.310 e. The van der Waals surface area contributed by atoms with E-state index in [9.17, 15) is 4.79 Å². The summed E-state index contributed by atoms with van der Waals surface area (Å²) in [6.45, 7) is 0.442. The average Bonchev–Trinajstić information content (AvgIpc) is 3.47. The van der Waals surface area contributed by atoms with E-state index >= 15 is 0 Å². The number of nitrogens with zero attached hydrogens (tertiary/aromatic N) is 3. The molecule has 36 heavy (non-hydrogen) atoms. The Morgan fingerprint density at radius 2 is 1.56 bits per heavy atom. The molecule has 0 aliphatic carbocycles. The fourth-order valence-electron chi connectivity index (χ4n) is 5.19. The molecule has 1 unspecified atom stereocenters. The Balaban J connectivity index is 1.47. The van der Waals surface area contributed by atoms with Crippen LogP contribution in [-0.2, 0) is 17.1 Å². The van der Waals surface area contributed by atoms with E-state index in [0.29, 0.717) is 12.3 Å². The molecule has 174 valence electrons. The van der Waals surface area contributed by atoms with Gasteiger partial charge in [0, 0.05) is 15.6 Å². The van der Waals surface area contributed by atoms with Gasteiger partial charge in [0.2, 0.25) is 0 Å². The van der Waals surface area contributed by atoms with Gasteiger partial charge in [0.25, 0.3) is 5.91 Å². The van der Waals surface area contributed by atoms with E-state index in [1.54, 1.807) is 4.68 Å². The Morgan fingerprint density at radius 3 is 2.36 bits per heavy atom. The number of benzene rings is 4. The molecule has 1 spiro atoms. The summed E-state index contributed by atoms with van der Waals surface area (Å²) < 4.78 is 9.41. The molecule has 0 bridgehead atoms. The average molecular weight is 534 g/mol. The van der Waals surface area contributed by atoms with E-state index in [0.717, 1.165) is 43.8 Å². The van der Waals surface area contributed by atoms with Crippen LogP contribution in [0.15, 0.2) is 114 Å². The molecule has 0 fully saturated rings. The zero-order valence-electron chi connectivity index (χ0n) is 19.1. The van der Waals surface area contributed by atoms with Crippen LogP contribution < -0.4 is 9.64 Å². The Hall–Kier alpha value is -4.16. The zero-order chi connectivity index (χ0) is 24.3. The molecule has 2 aliphatic rings. The van der Waals surface area contributed by atoms with Crippen molar-refractivity contribution in [3.63, 3.8) is 0 Å². The SMILES string of the molecule is O=C1N(Cc2ccccc2)c2ccccc2C12Oc1ccc(Br)cc1-c1cc(-c3ccccc3)nn12. The summed E-state index contributed by atoms with van der Waals surface area (Å²) in [6, 6.07) is 35.8. The van der Waals surface area contributed by atoms with Crippen molar-refractivity contribution in [2.75, 3.05) is 4.90 Å². The second-order valence-electron chi connectivity index (χ2n) is 8.97. The van der Waals surface area contributed by atoms with Gasteiger partial charge in [0.05, 0.1) is 29.2 Å². The van der Waals surface area contributed by atoms with E-state index in [1.165, 1.54) is 0 Å². The van der Waals surface area contributed by atoms with E-state index in [2.05, 4.69) is 15.9 Å². The Bertz CT molecular complexity index is 1630. The second kappa shape index (κ2) is 7.93. The number of aromatic nitrogens is 2. The summed E-state index contributed by atoms with van der Waals surface area (Å²) in [5, 5.41) is 5.00. The predicted octanol–water partition coefficient (Wildman–Crippen LogP) is 6.62. The van der Waals surface area contributed by atoms with Crippen molar-refractivity contribution in [1.82, 2.24) is 9.78 Å². The van der Waals surface area contributed by atoms with Crippen molar-refractivity contribution in [1.29, 1.82) is 0 Å². The summed E-state index contributed by atoms with van der Waals surface area (Å²) in [4.78, 5) is 16.3. The van der Waals surface area contributed by atoms with Crippen LogP contribution in [0.3, 0.4) is 0 Å². The first-order valence-corrected chi connectivity index (χ1v) is 12.5. The third kappa shape index (κ3) is 3.01. The number of para-hydroxylation sites is 1. The van der Waals surface area contributed by atoms with E-state index in [-0.39, 0.29) is 5.91 Å². The maximum absolute atomic E-state index is 14.5. The molecule has 2 aliphatic heterocycles. The smallest absolute Gasteiger partial charge is 0.310 e. The third-order valence-electron chi connectivity index (χ3n) is 6.83. The molecule has 1 atom stereocenters. The van der Waals surface area contributed by atoms with Crippen LogP contribution in [0.2, 0.25) is 0 Å². The van der Waals surface area contributed by atoms with Crippen molar-refractivity contribution < 1.29 is 9.53 Å². The van der Waals surface area contributed by atoms with Crippen LogP contribution in [0.4, 0.5) is 5.69 Å². The molecule has 0 saturated heterocycles. The Labute approximate surface area is 216 Å². The number of hydrogen-bond acceptors (Lipinski definition) is 3. The highest BCUT2D eigenvalue weighted by Gasteiger charge is 2.58. The summed E-state index contributed by atoms with van der Waals surface area (Å²) in [5.74, 6) is 0.486. The second-order valence-corrected chi connectivity index (χ2v) is 9.89. The number of amides is 1. The first-order chi connectivity index (χ1) is 17.6. The standard InChI is InChI=1S/C30H20BrN3O2/c31-22-15-16-28-23(17-22)27-18-25(21-11-5-2-6-12-21)32-34(27)30(36-28)24-13-7-8-14-26(24)33(29(30)35)19-20-9-3-1-4-10-20/h1-18H,19H2. The van der Waals surface area contributed by atoms with Crippen LogP contribution in [0.5, 0.6) is 5.75 Å². The number of rotatable bonds is 3. The predicted molar refractivity (Wildman–Crippen MR) is 143 cm³/mol. The van der Waals surface area contributed by atoms with Gasteiger partial charge in [-0.05, 0) is 35.9 Å². The molecular weight excluding hydrogens is 514 g/mol. The van der Waals surface area contributed by atoms with E-state index < -0.39 is 5.72 Å². The highest BCUT2D eigenvalue weighted by Crippen LogP contribution is 2.51. The summed E-state index contributed by atoms with van der Waals surface area (Å²) in [5.41, 5.74) is 4.70. The number of halogens is 1. The first-order valence-electron chi connectivity index (χ1n) is 11.8. The molecule has 5 nitrogen and oxygen atoms in total. The summed E-state index contributed by atoms with van der Waals surface area (Å²) in [7, 11) is 0. The first kappa shape index (κ1) is 21.1. The minimum absolute atomic E-state index is 0.162. The number of carbonyl (C=O) groups is 1. The fraction of sp³-hybridized carbons (Fsp3) is 0.0667. The van der Waals surface area contributed by atoms with Crippen LogP contribution in [0, 0.1) is 0 Å². The van der Waals surface area contributed by atoms with Crippen molar-refractivity contribution in [3.8, 4) is 28.3 Å². The van der Waals surface area contributed by atoms with Gasteiger partial charge in [-0.25, -0.2) is 4.68 Å². The van der Waals surface area contributed by atoms with E-state index in [1.807, 2.05) is 114 Å². The van der Waals surface area contributed by atoms with Crippen molar-refractivity contribution in [3.05, 3.63) is 125 Å². The topological polar surface area (TPSA) is 47.4 Å². The lowest BCUT2D eigenvalue weighted by molar-refractivity contribution is -0.137. The van der Waals surface area contributed by atoms with Gasteiger partial charge in [-0.2, -0.15) is 5.10 Å². The van der Waals surface area contributed by atoms with Crippen molar-refractivity contribution in [2.45, 2.75) is 12.3 Å². The minimum Gasteiger partial charge on any atom is -0.452 e. The molecule has 5 aromatic rings. The summed E-state index contributed by atoms with van der Waals surface area (Å²) in [6.07, 6.45) is 0. The number of hydrogen-bond donors (Lipinski definition) is 0. The van der Waals surface area contributed by atoms with Gasteiger partial charge < -0.3 is 9.64 Å². The zero-order valence-corrected chi connectivity index (χ0v) is 20.7. The molecule has 1 aromatic heterocycles. The number of ether oxygens (including phenoxy) is 1. The largest absolute Gasteiger partial charge is 0.452 e. The lowest BCUT2D eigenvalue weighted by atomic mass is 9.99.